The van der Waals surface area contributed by atoms with Crippen molar-refractivity contribution in [2.75, 3.05) is 7.11 Å². The van der Waals surface area contributed by atoms with Gasteiger partial charge >= 0.3 is 10.4 Å². The summed E-state index contributed by atoms with van der Waals surface area (Å²) in [6.45, 7) is 0. The fourth-order valence-corrected chi connectivity index (χ4v) is 0. The lowest BCUT2D eigenvalue weighted by molar-refractivity contribution is 0.324. The molecule has 0 rings (SSSR count). The summed E-state index contributed by atoms with van der Waals surface area (Å²) in [6.07, 6.45) is 0. The van der Waals surface area contributed by atoms with Crippen LogP contribution in [0, 0.1) is 0 Å². The lowest BCUT2D eigenvalue weighted by Gasteiger charge is -1.82. The molecule has 0 unspecified atom stereocenters. The Balaban J connectivity index is 0. The predicted molar refractivity (Wildman–Crippen MR) is 25.3 cm³/mol. The molecule has 4 nitrogen and oxygen atoms in total. The highest BCUT2D eigenvalue weighted by Gasteiger charge is 1.93. The maximum absolute atomic E-state index is 9.33. The summed E-state index contributed by atoms with van der Waals surface area (Å²) in [5.74, 6) is 0. The van der Waals surface area contributed by atoms with E-state index in [1.54, 1.807) is 0 Å². The van der Waals surface area contributed by atoms with Crippen LogP contribution in [0.3, 0.4) is 0 Å². The molecule has 0 radical (unpaired) electrons. The minimum absolute atomic E-state index is 0. The zero-order valence-corrected chi connectivity index (χ0v) is 3.90. The van der Waals surface area contributed by atoms with Gasteiger partial charge in [0.2, 0.25) is 0 Å². The molecule has 0 aromatic heterocycles. The van der Waals surface area contributed by atoms with Gasteiger partial charge in [-0.25, -0.2) is 0 Å². The Hall–Kier alpha value is -0.130. The molecular weight excluding hydrogens is 120 g/mol. The van der Waals surface area contributed by atoms with Crippen LogP contribution in [-0.4, -0.2) is 20.1 Å². The van der Waals surface area contributed by atoms with E-state index >= 15 is 0 Å². The summed E-state index contributed by atoms with van der Waals surface area (Å²) < 4.78 is 29.7. The van der Waals surface area contributed by atoms with Crippen molar-refractivity contribution < 1.29 is 17.2 Å². The SMILES string of the molecule is C.COS(=O)(=O)O. The highest BCUT2D eigenvalue weighted by atomic mass is 32.3. The maximum Gasteiger partial charge on any atom is 0.397 e. The van der Waals surface area contributed by atoms with Gasteiger partial charge in [-0.05, 0) is 0 Å². The molecule has 0 saturated carbocycles. The zero-order valence-electron chi connectivity index (χ0n) is 3.08. The Bertz CT molecular complexity index is 112. The zero-order chi connectivity index (χ0) is 5.21. The van der Waals surface area contributed by atoms with Crippen LogP contribution in [0.15, 0.2) is 0 Å². The van der Waals surface area contributed by atoms with Gasteiger partial charge < -0.3 is 0 Å². The molecule has 0 saturated heterocycles. The minimum Gasteiger partial charge on any atom is -0.264 e. The van der Waals surface area contributed by atoms with Crippen LogP contribution in [0.5, 0.6) is 0 Å². The lowest BCUT2D eigenvalue weighted by atomic mass is 11.8. The van der Waals surface area contributed by atoms with Crippen molar-refractivity contribution >= 4 is 10.4 Å². The van der Waals surface area contributed by atoms with Crippen LogP contribution in [0.1, 0.15) is 7.43 Å². The van der Waals surface area contributed by atoms with Crippen LogP contribution in [-0.2, 0) is 14.6 Å². The summed E-state index contributed by atoms with van der Waals surface area (Å²) in [6, 6.07) is 0. The summed E-state index contributed by atoms with van der Waals surface area (Å²) in [5.41, 5.74) is 0. The third kappa shape index (κ3) is 10.7. The molecule has 0 fully saturated rings. The fourth-order valence-electron chi connectivity index (χ4n) is 0. The Kier molecular flexibility index (Phi) is 4.21. The van der Waals surface area contributed by atoms with E-state index in [0.29, 0.717) is 0 Å². The lowest BCUT2D eigenvalue weighted by Crippen LogP contribution is -1.96. The standard InChI is InChI=1S/CH4O4S.CH4/c1-5-6(2,3)4;/h1H3,(H,2,3,4);1H4. The van der Waals surface area contributed by atoms with Crippen molar-refractivity contribution in [3.05, 3.63) is 0 Å². The summed E-state index contributed by atoms with van der Waals surface area (Å²) in [7, 11) is -3.29. The molecule has 0 aliphatic heterocycles. The van der Waals surface area contributed by atoms with Crippen molar-refractivity contribution in [2.45, 2.75) is 7.43 Å². The number of hydrogen-bond donors (Lipinski definition) is 1. The van der Waals surface area contributed by atoms with Crippen LogP contribution in [0.4, 0.5) is 0 Å². The second-order valence-corrected chi connectivity index (χ2v) is 1.78. The monoisotopic (exact) mass is 128 g/mol. The van der Waals surface area contributed by atoms with Gasteiger partial charge in [0.25, 0.3) is 0 Å². The normalized spacial score (nSPS) is 10.0. The van der Waals surface area contributed by atoms with Gasteiger partial charge in [0, 0.05) is 0 Å². The van der Waals surface area contributed by atoms with Crippen LogP contribution in [0.2, 0.25) is 0 Å². The van der Waals surface area contributed by atoms with Gasteiger partial charge in [-0.2, -0.15) is 8.42 Å². The fraction of sp³-hybridized carbons (Fsp3) is 1.00. The molecule has 0 atom stereocenters. The maximum atomic E-state index is 9.33. The van der Waals surface area contributed by atoms with Crippen molar-refractivity contribution in [3.8, 4) is 0 Å². The molecule has 0 amide bonds. The van der Waals surface area contributed by atoms with Crippen LogP contribution in [0.25, 0.3) is 0 Å². The largest absolute Gasteiger partial charge is 0.397 e. The molecule has 0 spiro atoms. The molecule has 0 aliphatic carbocycles. The molecule has 0 aromatic rings. The van der Waals surface area contributed by atoms with Gasteiger partial charge in [0.15, 0.2) is 0 Å². The van der Waals surface area contributed by atoms with Crippen molar-refractivity contribution in [1.82, 2.24) is 0 Å². The first kappa shape index (κ1) is 9.98. The van der Waals surface area contributed by atoms with Crippen LogP contribution >= 0.6 is 0 Å². The van der Waals surface area contributed by atoms with E-state index in [2.05, 4.69) is 4.18 Å². The first-order valence-corrected chi connectivity index (χ1v) is 2.46. The molecule has 0 bridgehead atoms. The first-order chi connectivity index (χ1) is 2.56. The van der Waals surface area contributed by atoms with E-state index in [1.807, 2.05) is 0 Å². The highest BCUT2D eigenvalue weighted by Crippen LogP contribution is 1.74. The van der Waals surface area contributed by atoms with Crippen LogP contribution < -0.4 is 0 Å². The average molecular weight is 128 g/mol. The third-order valence-corrected chi connectivity index (χ3v) is 0.632. The van der Waals surface area contributed by atoms with E-state index in [4.69, 9.17) is 4.55 Å². The first-order valence-electron chi connectivity index (χ1n) is 1.09. The molecule has 0 heterocycles. The molecule has 0 aliphatic rings. The van der Waals surface area contributed by atoms with Crippen molar-refractivity contribution in [1.29, 1.82) is 0 Å². The van der Waals surface area contributed by atoms with Gasteiger partial charge in [0.1, 0.15) is 0 Å². The molecule has 1 N–H and O–H groups in total. The van der Waals surface area contributed by atoms with E-state index in [0.717, 1.165) is 7.11 Å². The van der Waals surface area contributed by atoms with Crippen molar-refractivity contribution in [3.63, 3.8) is 0 Å². The molecular formula is C2H8O4S. The molecule has 7 heavy (non-hydrogen) atoms. The van der Waals surface area contributed by atoms with Gasteiger partial charge in [-0.15, -0.1) is 0 Å². The minimum atomic E-state index is -4.16. The molecule has 46 valence electrons. The van der Waals surface area contributed by atoms with E-state index < -0.39 is 10.4 Å². The highest BCUT2D eigenvalue weighted by molar-refractivity contribution is 7.80. The Morgan fingerprint density at radius 2 is 1.71 bits per heavy atom. The van der Waals surface area contributed by atoms with E-state index in [-0.39, 0.29) is 7.43 Å². The predicted octanol–water partition coefficient (Wildman–Crippen LogP) is 0.0717. The summed E-state index contributed by atoms with van der Waals surface area (Å²) >= 11 is 0. The second-order valence-electron chi connectivity index (χ2n) is 0.594. The Morgan fingerprint density at radius 1 is 1.57 bits per heavy atom. The van der Waals surface area contributed by atoms with Gasteiger partial charge in [-0.1, -0.05) is 7.43 Å². The van der Waals surface area contributed by atoms with E-state index in [9.17, 15) is 8.42 Å². The smallest absolute Gasteiger partial charge is 0.264 e. The third-order valence-electron chi connectivity index (χ3n) is 0.211. The summed E-state index contributed by atoms with van der Waals surface area (Å²) in [4.78, 5) is 0. The Morgan fingerprint density at radius 3 is 1.71 bits per heavy atom. The molecule has 5 heteroatoms. The Labute approximate surface area is 43.1 Å². The number of rotatable bonds is 1. The van der Waals surface area contributed by atoms with E-state index in [1.165, 1.54) is 0 Å². The van der Waals surface area contributed by atoms with Crippen molar-refractivity contribution in [2.24, 2.45) is 0 Å². The number of hydrogen-bond acceptors (Lipinski definition) is 3. The second kappa shape index (κ2) is 2.95. The molecule has 0 aromatic carbocycles. The quantitative estimate of drug-likeness (QED) is 0.507. The topological polar surface area (TPSA) is 63.6 Å². The average Bonchev–Trinajstić information content (AvgIpc) is 1.35. The summed E-state index contributed by atoms with van der Waals surface area (Å²) in [5, 5.41) is 0. The van der Waals surface area contributed by atoms with Gasteiger partial charge in [0.05, 0.1) is 7.11 Å². The van der Waals surface area contributed by atoms with Gasteiger partial charge in [-0.3, -0.25) is 8.74 Å².